The quantitative estimate of drug-likeness (QED) is 0.165. The Balaban J connectivity index is 1.48. The van der Waals surface area contributed by atoms with Crippen molar-refractivity contribution in [3.8, 4) is 28.4 Å². The Labute approximate surface area is 288 Å². The summed E-state index contributed by atoms with van der Waals surface area (Å²) in [7, 11) is 3.44. The lowest BCUT2D eigenvalue weighted by Gasteiger charge is -2.39. The monoisotopic (exact) mass is 648 g/mol. The van der Waals surface area contributed by atoms with Gasteiger partial charge in [-0.25, -0.2) is 4.85 Å². The van der Waals surface area contributed by atoms with Crippen molar-refractivity contribution >= 4 is 28.2 Å². The second kappa shape index (κ2) is 12.0. The number of morpholine rings is 1. The van der Waals surface area contributed by atoms with Crippen LogP contribution in [0.25, 0.3) is 32.8 Å². The summed E-state index contributed by atoms with van der Waals surface area (Å²) in [5.41, 5.74) is 8.61. The second-order valence-corrected chi connectivity index (χ2v) is 13.1. The molecule has 5 aromatic carbocycles. The first kappa shape index (κ1) is 31.0. The predicted molar refractivity (Wildman–Crippen MR) is 196 cm³/mol. The van der Waals surface area contributed by atoms with Gasteiger partial charge in [0.1, 0.15) is 17.2 Å². The minimum absolute atomic E-state index is 0.288. The van der Waals surface area contributed by atoms with Crippen LogP contribution in [0.15, 0.2) is 91.0 Å². The highest BCUT2D eigenvalue weighted by atomic mass is 16.5. The Morgan fingerprint density at radius 3 is 2.24 bits per heavy atom. The van der Waals surface area contributed by atoms with Gasteiger partial charge in [0.2, 0.25) is 0 Å². The molecule has 0 amide bonds. The molecule has 6 nitrogen and oxygen atoms in total. The van der Waals surface area contributed by atoms with Gasteiger partial charge in [0.25, 0.3) is 0 Å². The molecule has 246 valence electrons. The van der Waals surface area contributed by atoms with Gasteiger partial charge in [0.05, 0.1) is 39.7 Å². The van der Waals surface area contributed by atoms with E-state index in [1.165, 1.54) is 22.3 Å². The maximum atomic E-state index is 7.87. The van der Waals surface area contributed by atoms with Gasteiger partial charge >= 0.3 is 0 Å². The number of ether oxygens (including phenoxy) is 4. The summed E-state index contributed by atoms with van der Waals surface area (Å²) in [6.07, 6.45) is 6.30. The first-order chi connectivity index (χ1) is 24.0. The van der Waals surface area contributed by atoms with E-state index in [0.29, 0.717) is 18.9 Å². The van der Waals surface area contributed by atoms with Crippen molar-refractivity contribution in [2.45, 2.75) is 37.7 Å². The maximum Gasteiger partial charge on any atom is 0.187 e. The number of fused-ring (bicyclic) bond motifs is 8. The highest BCUT2D eigenvalue weighted by Crippen LogP contribution is 2.61. The number of hydrogen-bond donors (Lipinski definition) is 0. The molecule has 1 unspecified atom stereocenters. The van der Waals surface area contributed by atoms with Gasteiger partial charge in [-0.15, -0.1) is 0 Å². The van der Waals surface area contributed by atoms with E-state index in [0.717, 1.165) is 76.3 Å². The summed E-state index contributed by atoms with van der Waals surface area (Å²) in [4.78, 5) is 6.22. The lowest BCUT2D eigenvalue weighted by molar-refractivity contribution is 0.122. The average Bonchev–Trinajstić information content (AvgIpc) is 3.47. The molecule has 2 aliphatic heterocycles. The van der Waals surface area contributed by atoms with Crippen molar-refractivity contribution in [2.75, 3.05) is 45.4 Å². The minimum atomic E-state index is -0.887. The maximum absolute atomic E-state index is 7.87. The first-order valence-electron chi connectivity index (χ1n) is 17.2. The third-order valence-corrected chi connectivity index (χ3v) is 11.0. The van der Waals surface area contributed by atoms with Gasteiger partial charge in [-0.1, -0.05) is 80.6 Å². The smallest absolute Gasteiger partial charge is 0.187 e. The van der Waals surface area contributed by atoms with Crippen molar-refractivity contribution in [3.05, 3.63) is 130 Å². The molecule has 8 rings (SSSR count). The van der Waals surface area contributed by atoms with Gasteiger partial charge < -0.3 is 23.8 Å². The average molecular weight is 649 g/mol. The van der Waals surface area contributed by atoms with E-state index < -0.39 is 5.60 Å². The molecule has 49 heavy (non-hydrogen) atoms. The zero-order valence-corrected chi connectivity index (χ0v) is 28.5. The van der Waals surface area contributed by atoms with Crippen LogP contribution in [0.3, 0.4) is 0 Å². The molecule has 0 aromatic heterocycles. The third-order valence-electron chi connectivity index (χ3n) is 11.0. The molecule has 1 saturated heterocycles. The van der Waals surface area contributed by atoms with E-state index in [1.807, 2.05) is 24.3 Å². The van der Waals surface area contributed by atoms with Gasteiger partial charge in [-0.3, -0.25) is 0 Å². The second-order valence-electron chi connectivity index (χ2n) is 13.1. The zero-order chi connectivity index (χ0) is 33.8. The van der Waals surface area contributed by atoms with Crippen molar-refractivity contribution < 1.29 is 18.9 Å². The van der Waals surface area contributed by atoms with Crippen LogP contribution in [-0.4, -0.2) is 40.5 Å². The summed E-state index contributed by atoms with van der Waals surface area (Å²) in [5, 5.41) is 2.13. The van der Waals surface area contributed by atoms with Crippen LogP contribution < -0.4 is 19.1 Å². The molecule has 1 fully saturated rings. The van der Waals surface area contributed by atoms with E-state index >= 15 is 0 Å². The summed E-state index contributed by atoms with van der Waals surface area (Å²) in [5.74, 6) is 2.44. The molecular weight excluding hydrogens is 608 g/mol. The Morgan fingerprint density at radius 1 is 0.837 bits per heavy atom. The summed E-state index contributed by atoms with van der Waals surface area (Å²) >= 11 is 0. The molecule has 1 aliphatic carbocycles. The highest BCUT2D eigenvalue weighted by Gasteiger charge is 2.47. The molecule has 6 heteroatoms. The third kappa shape index (κ3) is 4.56. The molecule has 3 aliphatic rings. The number of hydrogen-bond acceptors (Lipinski definition) is 5. The fraction of sp³-hybridized carbons (Fsp3) is 0.279. The van der Waals surface area contributed by atoms with Gasteiger partial charge in [0, 0.05) is 40.6 Å². The van der Waals surface area contributed by atoms with Gasteiger partial charge in [-0.05, 0) is 70.8 Å². The zero-order valence-electron chi connectivity index (χ0n) is 28.5. The number of rotatable bonds is 7. The minimum Gasteiger partial charge on any atom is -0.497 e. The van der Waals surface area contributed by atoms with Crippen molar-refractivity contribution in [1.82, 2.24) is 0 Å². The number of nitrogens with zero attached hydrogens (tertiary/aromatic N) is 2. The van der Waals surface area contributed by atoms with Crippen LogP contribution in [0.1, 0.15) is 54.5 Å². The van der Waals surface area contributed by atoms with Gasteiger partial charge in [0.15, 0.2) is 11.3 Å². The van der Waals surface area contributed by atoms with E-state index in [9.17, 15) is 0 Å². The van der Waals surface area contributed by atoms with Crippen LogP contribution in [0.2, 0.25) is 0 Å². The largest absolute Gasteiger partial charge is 0.497 e. The molecule has 0 N–H and O–H groups in total. The van der Waals surface area contributed by atoms with Crippen LogP contribution >= 0.6 is 0 Å². The summed E-state index contributed by atoms with van der Waals surface area (Å²) in [6, 6.07) is 29.4. The SMILES string of the molecule is [C-]#[N+]c1ccc2c(c1)C(CC)(CC)c1c3c(c4cc(OC)c(N5CCOCC5)cc4c1-2)OC(c1ccccc1)(c1ccc(OC)cc1)C=C3. The predicted octanol–water partition coefficient (Wildman–Crippen LogP) is 9.68. The number of benzene rings is 5. The fourth-order valence-corrected chi connectivity index (χ4v) is 8.48. The molecule has 0 radical (unpaired) electrons. The van der Waals surface area contributed by atoms with Crippen LogP contribution in [0.5, 0.6) is 17.2 Å². The molecule has 5 aromatic rings. The van der Waals surface area contributed by atoms with Gasteiger partial charge in [-0.2, -0.15) is 0 Å². The molecule has 0 spiro atoms. The van der Waals surface area contributed by atoms with Crippen LogP contribution in [0, 0.1) is 6.57 Å². The van der Waals surface area contributed by atoms with E-state index in [1.54, 1.807) is 14.2 Å². The lowest BCUT2D eigenvalue weighted by atomic mass is 9.71. The molecule has 0 bridgehead atoms. The topological polar surface area (TPSA) is 44.5 Å². The summed E-state index contributed by atoms with van der Waals surface area (Å²) < 4.78 is 25.0. The van der Waals surface area contributed by atoms with Crippen molar-refractivity contribution in [2.24, 2.45) is 0 Å². The van der Waals surface area contributed by atoms with E-state index in [2.05, 4.69) is 96.4 Å². The standard InChI is InChI=1S/C43H40N2O4/c1-6-42(7-2)36-25-30(44-3)15-18-32(36)39-34-26-37(45-21-23-48-24-22-45)38(47-5)27-35(34)41-33(40(39)42)19-20-43(49-41,28-11-9-8-10-12-28)29-13-16-31(46-4)17-14-29/h8-20,25-27H,6-7,21-24H2,1-2,4-5H3. The fourth-order valence-electron chi connectivity index (χ4n) is 8.48. The number of anilines is 1. The van der Waals surface area contributed by atoms with Crippen molar-refractivity contribution in [3.63, 3.8) is 0 Å². The Morgan fingerprint density at radius 2 is 1.57 bits per heavy atom. The molecular formula is C43H40N2O4. The summed E-state index contributed by atoms with van der Waals surface area (Å²) in [6.45, 7) is 15.4. The number of methoxy groups -OCH3 is 2. The first-order valence-corrected chi connectivity index (χ1v) is 17.2. The van der Waals surface area contributed by atoms with Crippen LogP contribution in [0.4, 0.5) is 11.4 Å². The molecule has 0 saturated carbocycles. The molecule has 2 heterocycles. The lowest BCUT2D eigenvalue weighted by Crippen LogP contribution is -2.36. The molecule has 1 atom stereocenters. The normalized spacial score (nSPS) is 18.6. The van der Waals surface area contributed by atoms with Crippen LogP contribution in [-0.2, 0) is 15.8 Å². The van der Waals surface area contributed by atoms with E-state index in [-0.39, 0.29) is 5.41 Å². The Hall–Kier alpha value is -5.25. The Kier molecular flexibility index (Phi) is 7.61. The highest BCUT2D eigenvalue weighted by molar-refractivity contribution is 6.10. The van der Waals surface area contributed by atoms with E-state index in [4.69, 9.17) is 25.5 Å². The Bertz CT molecular complexity index is 2140. The van der Waals surface area contributed by atoms with Crippen molar-refractivity contribution in [1.29, 1.82) is 0 Å².